The first-order valence-electron chi connectivity index (χ1n) is 7.81. The van der Waals surface area contributed by atoms with E-state index in [0.29, 0.717) is 6.04 Å². The van der Waals surface area contributed by atoms with Gasteiger partial charge in [0.2, 0.25) is 0 Å². The summed E-state index contributed by atoms with van der Waals surface area (Å²) in [5, 5.41) is 0. The van der Waals surface area contributed by atoms with E-state index in [4.69, 9.17) is 5.73 Å². The van der Waals surface area contributed by atoms with Crippen LogP contribution in [0.25, 0.3) is 0 Å². The number of anilines is 1. The molecule has 2 heteroatoms. The average Bonchev–Trinajstić information content (AvgIpc) is 2.74. The third-order valence-electron chi connectivity index (χ3n) is 4.53. The molecular formula is C17H28N2. The quantitative estimate of drug-likeness (QED) is 0.820. The fourth-order valence-electron chi connectivity index (χ4n) is 3.18. The van der Waals surface area contributed by atoms with E-state index in [-0.39, 0.29) is 6.04 Å². The SMILES string of the molecule is CC[C@@H](N)c1ccccc1N(C)C1CCCCCC1. The van der Waals surface area contributed by atoms with E-state index in [1.54, 1.807) is 0 Å². The molecule has 1 saturated carbocycles. The van der Waals surface area contributed by atoms with E-state index >= 15 is 0 Å². The highest BCUT2D eigenvalue weighted by molar-refractivity contribution is 5.55. The molecule has 0 radical (unpaired) electrons. The molecule has 0 aromatic heterocycles. The zero-order valence-corrected chi connectivity index (χ0v) is 12.4. The van der Waals surface area contributed by atoms with Gasteiger partial charge in [0, 0.05) is 24.8 Å². The third kappa shape index (κ3) is 3.50. The van der Waals surface area contributed by atoms with Crippen LogP contribution in [-0.2, 0) is 0 Å². The van der Waals surface area contributed by atoms with E-state index < -0.39 is 0 Å². The molecule has 1 aliphatic rings. The first-order chi connectivity index (χ1) is 9.24. The lowest BCUT2D eigenvalue weighted by molar-refractivity contribution is 0.549. The summed E-state index contributed by atoms with van der Waals surface area (Å²) in [6.45, 7) is 2.16. The van der Waals surface area contributed by atoms with Crippen LogP contribution >= 0.6 is 0 Å². The van der Waals surface area contributed by atoms with E-state index in [9.17, 15) is 0 Å². The predicted molar refractivity (Wildman–Crippen MR) is 83.6 cm³/mol. The summed E-state index contributed by atoms with van der Waals surface area (Å²) >= 11 is 0. The Morgan fingerprint density at radius 1 is 1.16 bits per heavy atom. The minimum atomic E-state index is 0.157. The maximum Gasteiger partial charge on any atom is 0.0414 e. The molecule has 0 amide bonds. The minimum absolute atomic E-state index is 0.157. The number of hydrogen-bond acceptors (Lipinski definition) is 2. The molecule has 0 saturated heterocycles. The van der Waals surface area contributed by atoms with Crippen molar-refractivity contribution in [2.24, 2.45) is 5.73 Å². The second-order valence-corrected chi connectivity index (χ2v) is 5.83. The van der Waals surface area contributed by atoms with Crippen molar-refractivity contribution in [3.63, 3.8) is 0 Å². The van der Waals surface area contributed by atoms with Crippen LogP contribution in [0.1, 0.15) is 63.5 Å². The summed E-state index contributed by atoms with van der Waals surface area (Å²) in [6, 6.07) is 9.51. The first-order valence-corrected chi connectivity index (χ1v) is 7.81. The summed E-state index contributed by atoms with van der Waals surface area (Å²) in [5.41, 5.74) is 8.91. The molecule has 0 bridgehead atoms. The molecule has 19 heavy (non-hydrogen) atoms. The van der Waals surface area contributed by atoms with E-state index in [0.717, 1.165) is 6.42 Å². The van der Waals surface area contributed by atoms with Gasteiger partial charge < -0.3 is 10.6 Å². The van der Waals surface area contributed by atoms with Crippen molar-refractivity contribution in [1.29, 1.82) is 0 Å². The van der Waals surface area contributed by atoms with Crippen LogP contribution in [0.3, 0.4) is 0 Å². The lowest BCUT2D eigenvalue weighted by Crippen LogP contribution is -2.32. The van der Waals surface area contributed by atoms with Crippen LogP contribution in [0.5, 0.6) is 0 Å². The highest BCUT2D eigenvalue weighted by Crippen LogP contribution is 2.30. The molecule has 0 spiro atoms. The number of benzene rings is 1. The topological polar surface area (TPSA) is 29.3 Å². The molecule has 2 nitrogen and oxygen atoms in total. The van der Waals surface area contributed by atoms with Gasteiger partial charge in [-0.15, -0.1) is 0 Å². The van der Waals surface area contributed by atoms with Gasteiger partial charge in [0.05, 0.1) is 0 Å². The molecule has 1 aromatic carbocycles. The van der Waals surface area contributed by atoms with Crippen LogP contribution in [0.15, 0.2) is 24.3 Å². The lowest BCUT2D eigenvalue weighted by Gasteiger charge is -2.32. The first kappa shape index (κ1) is 14.4. The molecule has 0 aliphatic heterocycles. The Hall–Kier alpha value is -1.02. The Morgan fingerprint density at radius 2 is 1.79 bits per heavy atom. The van der Waals surface area contributed by atoms with Crippen LogP contribution in [0, 0.1) is 0 Å². The Balaban J connectivity index is 2.19. The third-order valence-corrected chi connectivity index (χ3v) is 4.53. The molecule has 1 aromatic rings. The van der Waals surface area contributed by atoms with Crippen LogP contribution in [0.4, 0.5) is 5.69 Å². The number of hydrogen-bond donors (Lipinski definition) is 1. The summed E-state index contributed by atoms with van der Waals surface area (Å²) < 4.78 is 0. The van der Waals surface area contributed by atoms with Crippen molar-refractivity contribution < 1.29 is 0 Å². The fourth-order valence-corrected chi connectivity index (χ4v) is 3.18. The second-order valence-electron chi connectivity index (χ2n) is 5.83. The number of para-hydroxylation sites is 1. The second kappa shape index (κ2) is 6.95. The van der Waals surface area contributed by atoms with Gasteiger partial charge in [-0.1, -0.05) is 50.8 Å². The zero-order valence-electron chi connectivity index (χ0n) is 12.4. The minimum Gasteiger partial charge on any atom is -0.371 e. The molecule has 0 heterocycles. The average molecular weight is 260 g/mol. The molecule has 1 atom stereocenters. The molecule has 106 valence electrons. The smallest absolute Gasteiger partial charge is 0.0414 e. The van der Waals surface area contributed by atoms with Gasteiger partial charge >= 0.3 is 0 Å². The summed E-state index contributed by atoms with van der Waals surface area (Å²) in [6.07, 6.45) is 9.20. The van der Waals surface area contributed by atoms with Crippen molar-refractivity contribution in [2.75, 3.05) is 11.9 Å². The Kier molecular flexibility index (Phi) is 5.26. The van der Waals surface area contributed by atoms with E-state index in [2.05, 4.69) is 43.1 Å². The largest absolute Gasteiger partial charge is 0.371 e. The fraction of sp³-hybridized carbons (Fsp3) is 0.647. The van der Waals surface area contributed by atoms with Gasteiger partial charge in [0.1, 0.15) is 0 Å². The van der Waals surface area contributed by atoms with Gasteiger partial charge in [0.15, 0.2) is 0 Å². The van der Waals surface area contributed by atoms with Gasteiger partial charge in [0.25, 0.3) is 0 Å². The van der Waals surface area contributed by atoms with Crippen molar-refractivity contribution >= 4 is 5.69 Å². The summed E-state index contributed by atoms with van der Waals surface area (Å²) in [7, 11) is 2.25. The molecular weight excluding hydrogens is 232 g/mol. The van der Waals surface area contributed by atoms with Crippen LogP contribution in [-0.4, -0.2) is 13.1 Å². The highest BCUT2D eigenvalue weighted by atomic mass is 15.1. The maximum absolute atomic E-state index is 6.27. The molecule has 1 aliphatic carbocycles. The zero-order chi connectivity index (χ0) is 13.7. The summed E-state index contributed by atoms with van der Waals surface area (Å²) in [5.74, 6) is 0. The monoisotopic (exact) mass is 260 g/mol. The van der Waals surface area contributed by atoms with Crippen molar-refractivity contribution in [3.8, 4) is 0 Å². The van der Waals surface area contributed by atoms with Gasteiger partial charge in [-0.05, 0) is 30.9 Å². The van der Waals surface area contributed by atoms with Crippen molar-refractivity contribution in [3.05, 3.63) is 29.8 Å². The molecule has 1 fully saturated rings. The van der Waals surface area contributed by atoms with Crippen molar-refractivity contribution in [1.82, 2.24) is 0 Å². The Bertz CT molecular complexity index is 381. The van der Waals surface area contributed by atoms with Crippen LogP contribution in [0.2, 0.25) is 0 Å². The number of nitrogens with two attached hydrogens (primary N) is 1. The normalized spacial score (nSPS) is 18.9. The van der Waals surface area contributed by atoms with Gasteiger partial charge in [-0.25, -0.2) is 0 Å². The van der Waals surface area contributed by atoms with Gasteiger partial charge in [-0.3, -0.25) is 0 Å². The Morgan fingerprint density at radius 3 is 2.42 bits per heavy atom. The standard InChI is InChI=1S/C17H28N2/c1-3-16(18)15-12-8-9-13-17(15)19(2)14-10-6-4-5-7-11-14/h8-9,12-14,16H,3-7,10-11,18H2,1-2H3/t16-/m1/s1. The Labute approximate surface area is 118 Å². The molecule has 0 unspecified atom stereocenters. The number of nitrogens with zero attached hydrogens (tertiary/aromatic N) is 1. The van der Waals surface area contributed by atoms with Crippen molar-refractivity contribution in [2.45, 2.75) is 64.0 Å². The predicted octanol–water partition coefficient (Wildman–Crippen LogP) is 4.26. The maximum atomic E-state index is 6.27. The summed E-state index contributed by atoms with van der Waals surface area (Å²) in [4.78, 5) is 2.48. The van der Waals surface area contributed by atoms with Gasteiger partial charge in [-0.2, -0.15) is 0 Å². The molecule has 2 N–H and O–H groups in total. The van der Waals surface area contributed by atoms with E-state index in [1.165, 1.54) is 49.8 Å². The van der Waals surface area contributed by atoms with E-state index in [1.807, 2.05) is 0 Å². The molecule has 2 rings (SSSR count). The van der Waals surface area contributed by atoms with Crippen LogP contribution < -0.4 is 10.6 Å². The lowest BCUT2D eigenvalue weighted by atomic mass is 10.00. The highest BCUT2D eigenvalue weighted by Gasteiger charge is 2.20. The number of rotatable bonds is 4.